The minimum Gasteiger partial charge on any atom is -0.456 e. The minimum atomic E-state index is -0.544. The van der Waals surface area contributed by atoms with Crippen LogP contribution < -0.4 is 5.32 Å². The van der Waals surface area contributed by atoms with Crippen LogP contribution in [-0.2, 0) is 27.2 Å². The molecule has 0 spiro atoms. The Labute approximate surface area is 165 Å². The molecule has 0 saturated carbocycles. The Morgan fingerprint density at radius 1 is 1.00 bits per heavy atom. The molecule has 0 bridgehead atoms. The first kappa shape index (κ1) is 19.8. The van der Waals surface area contributed by atoms with Crippen molar-refractivity contribution in [2.24, 2.45) is 0 Å². The van der Waals surface area contributed by atoms with Gasteiger partial charge in [-0.25, -0.2) is 0 Å². The summed E-state index contributed by atoms with van der Waals surface area (Å²) in [5.41, 5.74) is 4.16. The first-order valence-corrected chi connectivity index (χ1v) is 9.68. The van der Waals surface area contributed by atoms with Gasteiger partial charge in [-0.2, -0.15) is 0 Å². The number of hydrogen-bond donors (Lipinski definition) is 1. The van der Waals surface area contributed by atoms with E-state index in [1.165, 1.54) is 11.1 Å². The van der Waals surface area contributed by atoms with Gasteiger partial charge in [0, 0.05) is 12.0 Å². The lowest BCUT2D eigenvalue weighted by Gasteiger charge is -2.14. The molecule has 28 heavy (non-hydrogen) atoms. The maximum atomic E-state index is 12.3. The van der Waals surface area contributed by atoms with Crippen molar-refractivity contribution in [3.05, 3.63) is 70.8 Å². The van der Waals surface area contributed by atoms with Gasteiger partial charge in [0.25, 0.3) is 5.91 Å². The summed E-state index contributed by atoms with van der Waals surface area (Å²) in [4.78, 5) is 36.1. The number of ketones is 1. The molecule has 0 aromatic heterocycles. The topological polar surface area (TPSA) is 72.5 Å². The Hall–Kier alpha value is -2.95. The number of hydrogen-bond acceptors (Lipinski definition) is 4. The average molecular weight is 379 g/mol. The molecule has 0 fully saturated rings. The molecule has 5 nitrogen and oxygen atoms in total. The molecule has 5 heteroatoms. The number of carbonyl (C=O) groups excluding carboxylic acids is 3. The number of nitrogens with one attached hydrogen (secondary N) is 1. The summed E-state index contributed by atoms with van der Waals surface area (Å²) in [6.45, 7) is 1.52. The molecular formula is C23H25NO4. The van der Waals surface area contributed by atoms with E-state index in [2.05, 4.69) is 5.32 Å². The first-order valence-electron chi connectivity index (χ1n) is 9.68. The lowest BCUT2D eigenvalue weighted by atomic mass is 10.0. The highest BCUT2D eigenvalue weighted by atomic mass is 16.5. The molecule has 2 aromatic carbocycles. The van der Waals surface area contributed by atoms with Gasteiger partial charge in [0.05, 0.1) is 12.5 Å². The monoisotopic (exact) mass is 379 g/mol. The number of amides is 1. The van der Waals surface area contributed by atoms with E-state index in [9.17, 15) is 14.4 Å². The molecule has 0 saturated heterocycles. The van der Waals surface area contributed by atoms with Crippen LogP contribution in [0.15, 0.2) is 48.5 Å². The van der Waals surface area contributed by atoms with Crippen LogP contribution in [-0.4, -0.2) is 24.3 Å². The highest BCUT2D eigenvalue weighted by Crippen LogP contribution is 2.23. The summed E-state index contributed by atoms with van der Waals surface area (Å²) in [5.74, 6) is -0.986. The van der Waals surface area contributed by atoms with Crippen LogP contribution in [0.5, 0.6) is 0 Å². The van der Waals surface area contributed by atoms with Crippen LogP contribution in [0.2, 0.25) is 0 Å². The third-order valence-electron chi connectivity index (χ3n) is 5.02. The van der Waals surface area contributed by atoms with Gasteiger partial charge in [0.1, 0.15) is 0 Å². The van der Waals surface area contributed by atoms with Crippen molar-refractivity contribution in [2.45, 2.75) is 45.1 Å². The molecule has 2 aromatic rings. The summed E-state index contributed by atoms with van der Waals surface area (Å²) < 4.78 is 5.00. The Bertz CT molecular complexity index is 860. The van der Waals surface area contributed by atoms with Crippen molar-refractivity contribution >= 4 is 17.7 Å². The third kappa shape index (κ3) is 5.28. The van der Waals surface area contributed by atoms with E-state index in [1.807, 2.05) is 55.5 Å². The zero-order valence-corrected chi connectivity index (χ0v) is 16.1. The molecule has 0 aliphatic heterocycles. The fourth-order valence-corrected chi connectivity index (χ4v) is 3.43. The molecule has 1 atom stereocenters. The smallest absolute Gasteiger partial charge is 0.306 e. The lowest BCUT2D eigenvalue weighted by Crippen LogP contribution is -2.31. The number of rotatable bonds is 8. The largest absolute Gasteiger partial charge is 0.456 e. The van der Waals surface area contributed by atoms with Gasteiger partial charge in [-0.05, 0) is 48.9 Å². The summed E-state index contributed by atoms with van der Waals surface area (Å²) in [6, 6.07) is 15.1. The molecule has 1 amide bonds. The fourth-order valence-electron chi connectivity index (χ4n) is 3.43. The Kier molecular flexibility index (Phi) is 6.58. The van der Waals surface area contributed by atoms with Crippen molar-refractivity contribution < 1.29 is 19.1 Å². The minimum absolute atomic E-state index is 0.0303. The molecule has 0 heterocycles. The number of ether oxygens (including phenoxy) is 1. The third-order valence-corrected chi connectivity index (χ3v) is 5.02. The highest BCUT2D eigenvalue weighted by Gasteiger charge is 2.16. The van der Waals surface area contributed by atoms with Crippen molar-refractivity contribution in [3.8, 4) is 0 Å². The van der Waals surface area contributed by atoms with Gasteiger partial charge in [-0.3, -0.25) is 14.4 Å². The number of esters is 1. The second kappa shape index (κ2) is 9.31. The van der Waals surface area contributed by atoms with Crippen molar-refractivity contribution in [3.63, 3.8) is 0 Å². The summed E-state index contributed by atoms with van der Waals surface area (Å²) in [5, 5.41) is 2.78. The Balaban J connectivity index is 1.39. The van der Waals surface area contributed by atoms with Crippen molar-refractivity contribution in [1.82, 2.24) is 5.32 Å². The van der Waals surface area contributed by atoms with Crippen LogP contribution in [0.1, 0.15) is 59.3 Å². The standard InChI is InChI=1S/C23H25NO4/c1-16(17-6-3-2-4-7-17)24-22(26)15-28-23(27)13-12-21(25)20-11-10-18-8-5-9-19(18)14-20/h2-4,6-7,10-11,14,16H,5,8-9,12-13,15H2,1H3,(H,24,26)/t16-/m1/s1. The highest BCUT2D eigenvalue weighted by molar-refractivity contribution is 5.98. The number of fused-ring (bicyclic) bond motifs is 1. The van der Waals surface area contributed by atoms with E-state index in [4.69, 9.17) is 4.74 Å². The van der Waals surface area contributed by atoms with Gasteiger partial charge in [0.15, 0.2) is 12.4 Å². The van der Waals surface area contributed by atoms with Gasteiger partial charge in [-0.15, -0.1) is 0 Å². The van der Waals surface area contributed by atoms with Gasteiger partial charge >= 0.3 is 5.97 Å². The molecule has 1 N–H and O–H groups in total. The first-order chi connectivity index (χ1) is 13.5. The van der Waals surface area contributed by atoms with E-state index in [0.717, 1.165) is 24.8 Å². The molecule has 3 rings (SSSR count). The maximum Gasteiger partial charge on any atom is 0.306 e. The number of Topliss-reactive ketones (excluding diaryl/α,β-unsaturated/α-hetero) is 1. The second-order valence-corrected chi connectivity index (χ2v) is 7.12. The SMILES string of the molecule is C[C@@H](NC(=O)COC(=O)CCC(=O)c1ccc2c(c1)CCC2)c1ccccc1. The predicted molar refractivity (Wildman–Crippen MR) is 106 cm³/mol. The number of benzene rings is 2. The maximum absolute atomic E-state index is 12.3. The van der Waals surface area contributed by atoms with Crippen molar-refractivity contribution in [1.29, 1.82) is 0 Å². The molecule has 0 unspecified atom stereocenters. The summed E-state index contributed by atoms with van der Waals surface area (Å²) in [6.07, 6.45) is 3.26. The predicted octanol–water partition coefficient (Wildman–Crippen LogP) is 3.56. The average Bonchev–Trinajstić information content (AvgIpc) is 3.19. The van der Waals surface area contributed by atoms with E-state index < -0.39 is 5.97 Å². The van der Waals surface area contributed by atoms with Crippen LogP contribution in [0.25, 0.3) is 0 Å². The van der Waals surface area contributed by atoms with E-state index in [1.54, 1.807) is 0 Å². The molecule has 1 aliphatic carbocycles. The normalized spacial score (nSPS) is 13.5. The second-order valence-electron chi connectivity index (χ2n) is 7.12. The van der Waals surface area contributed by atoms with Gasteiger partial charge in [-0.1, -0.05) is 42.5 Å². The van der Waals surface area contributed by atoms with Gasteiger partial charge < -0.3 is 10.1 Å². The Morgan fingerprint density at radius 3 is 2.54 bits per heavy atom. The zero-order valence-electron chi connectivity index (χ0n) is 16.1. The van der Waals surface area contributed by atoms with Crippen LogP contribution >= 0.6 is 0 Å². The lowest BCUT2D eigenvalue weighted by molar-refractivity contribution is -0.148. The number of carbonyl (C=O) groups is 3. The van der Waals surface area contributed by atoms with Crippen molar-refractivity contribution in [2.75, 3.05) is 6.61 Å². The summed E-state index contributed by atoms with van der Waals surface area (Å²) in [7, 11) is 0. The van der Waals surface area contributed by atoms with Crippen LogP contribution in [0, 0.1) is 0 Å². The van der Waals surface area contributed by atoms with E-state index >= 15 is 0 Å². The molecule has 0 radical (unpaired) electrons. The fraction of sp³-hybridized carbons (Fsp3) is 0.348. The number of aryl methyl sites for hydroxylation is 2. The van der Waals surface area contributed by atoms with Crippen LogP contribution in [0.3, 0.4) is 0 Å². The molecule has 146 valence electrons. The quantitative estimate of drug-likeness (QED) is 0.562. The zero-order chi connectivity index (χ0) is 19.9. The molecular weight excluding hydrogens is 354 g/mol. The Morgan fingerprint density at radius 2 is 1.75 bits per heavy atom. The molecule has 1 aliphatic rings. The van der Waals surface area contributed by atoms with E-state index in [0.29, 0.717) is 5.56 Å². The van der Waals surface area contributed by atoms with E-state index in [-0.39, 0.29) is 37.2 Å². The summed E-state index contributed by atoms with van der Waals surface area (Å²) >= 11 is 0. The van der Waals surface area contributed by atoms with Gasteiger partial charge in [0.2, 0.25) is 0 Å². The van der Waals surface area contributed by atoms with Crippen LogP contribution in [0.4, 0.5) is 0 Å².